The third-order valence-electron chi connectivity index (χ3n) is 3.88. The van der Waals surface area contributed by atoms with Crippen LogP contribution in [0, 0.1) is 6.92 Å². The summed E-state index contributed by atoms with van der Waals surface area (Å²) in [6, 6.07) is 14.1. The predicted octanol–water partition coefficient (Wildman–Crippen LogP) is 3.25. The van der Waals surface area contributed by atoms with Crippen molar-refractivity contribution in [2.75, 3.05) is 23.8 Å². The molecule has 0 radical (unpaired) electrons. The van der Waals surface area contributed by atoms with Crippen molar-refractivity contribution in [1.82, 2.24) is 15.0 Å². The molecule has 3 aromatic rings. The highest BCUT2D eigenvalue weighted by Gasteiger charge is 2.07. The van der Waals surface area contributed by atoms with Crippen molar-refractivity contribution in [3.05, 3.63) is 66.0 Å². The van der Waals surface area contributed by atoms with Gasteiger partial charge in [-0.15, -0.1) is 0 Å². The Morgan fingerprint density at radius 1 is 1.00 bits per heavy atom. The van der Waals surface area contributed by atoms with Crippen LogP contribution in [0.1, 0.15) is 17.5 Å². The summed E-state index contributed by atoms with van der Waals surface area (Å²) in [5.74, 6) is 1.29. The zero-order valence-corrected chi connectivity index (χ0v) is 14.8. The number of nitrogens with one attached hydrogen (secondary N) is 2. The molecule has 0 fully saturated rings. The number of aromatic nitrogens is 3. The van der Waals surface area contributed by atoms with E-state index in [4.69, 9.17) is 5.11 Å². The van der Waals surface area contributed by atoms with Crippen LogP contribution in [0.2, 0.25) is 0 Å². The van der Waals surface area contributed by atoms with Gasteiger partial charge < -0.3 is 15.7 Å². The number of benzene rings is 1. The van der Waals surface area contributed by atoms with Crippen LogP contribution < -0.4 is 10.6 Å². The third-order valence-corrected chi connectivity index (χ3v) is 3.88. The molecule has 0 unspecified atom stereocenters. The lowest BCUT2D eigenvalue weighted by Crippen LogP contribution is -2.10. The maximum absolute atomic E-state index is 8.96. The molecule has 0 aliphatic heterocycles. The van der Waals surface area contributed by atoms with Gasteiger partial charge in [0.15, 0.2) is 0 Å². The number of hydrogen-bond donors (Lipinski definition) is 3. The molecule has 0 saturated carbocycles. The van der Waals surface area contributed by atoms with E-state index in [-0.39, 0.29) is 6.61 Å². The average molecular weight is 349 g/mol. The standard InChI is InChI=1S/C20H23N5O/c1-15-4-2-5-16(12-15)14-23-19-13-18(17-6-9-21-10-7-17)24-20(25-19)22-8-3-11-26/h2,4-7,9-10,12-13,26H,3,8,11,14H2,1H3,(H2,22,23,24,25). The molecule has 3 rings (SSSR count). The van der Waals surface area contributed by atoms with Crippen molar-refractivity contribution in [3.63, 3.8) is 0 Å². The molecule has 6 heteroatoms. The average Bonchev–Trinajstić information content (AvgIpc) is 2.67. The molecular formula is C20H23N5O. The van der Waals surface area contributed by atoms with Crippen molar-refractivity contribution in [1.29, 1.82) is 0 Å². The summed E-state index contributed by atoms with van der Waals surface area (Å²) in [4.78, 5) is 13.2. The van der Waals surface area contributed by atoms with E-state index in [0.717, 1.165) is 17.1 Å². The molecule has 0 bridgehead atoms. The highest BCUT2D eigenvalue weighted by molar-refractivity contribution is 5.63. The van der Waals surface area contributed by atoms with Crippen LogP contribution in [0.25, 0.3) is 11.3 Å². The summed E-state index contributed by atoms with van der Waals surface area (Å²) in [7, 11) is 0. The van der Waals surface area contributed by atoms with E-state index in [9.17, 15) is 0 Å². The van der Waals surface area contributed by atoms with Crippen LogP contribution in [0.5, 0.6) is 0 Å². The molecule has 0 aliphatic carbocycles. The summed E-state index contributed by atoms with van der Waals surface area (Å²) >= 11 is 0. The first-order valence-electron chi connectivity index (χ1n) is 8.68. The molecule has 2 heterocycles. The van der Waals surface area contributed by atoms with Gasteiger partial charge in [-0.3, -0.25) is 4.98 Å². The minimum absolute atomic E-state index is 0.134. The number of pyridine rings is 1. The van der Waals surface area contributed by atoms with Crippen LogP contribution >= 0.6 is 0 Å². The molecule has 3 N–H and O–H groups in total. The molecule has 0 saturated heterocycles. The van der Waals surface area contributed by atoms with Gasteiger partial charge in [0.25, 0.3) is 0 Å². The van der Waals surface area contributed by atoms with Gasteiger partial charge in [-0.05, 0) is 31.0 Å². The second-order valence-electron chi connectivity index (χ2n) is 6.04. The number of hydrogen-bond acceptors (Lipinski definition) is 6. The fourth-order valence-corrected chi connectivity index (χ4v) is 2.58. The summed E-state index contributed by atoms with van der Waals surface area (Å²) in [6.07, 6.45) is 4.14. The molecule has 0 amide bonds. The largest absolute Gasteiger partial charge is 0.396 e. The number of aliphatic hydroxyl groups is 1. The molecule has 0 aliphatic rings. The van der Waals surface area contributed by atoms with Crippen molar-refractivity contribution < 1.29 is 5.11 Å². The van der Waals surface area contributed by atoms with Gasteiger partial charge in [0.1, 0.15) is 5.82 Å². The molecule has 26 heavy (non-hydrogen) atoms. The Morgan fingerprint density at radius 3 is 2.62 bits per heavy atom. The maximum atomic E-state index is 8.96. The Bertz CT molecular complexity index is 839. The zero-order chi connectivity index (χ0) is 18.2. The SMILES string of the molecule is Cc1cccc(CNc2cc(-c3ccncc3)nc(NCCCO)n2)c1. The first kappa shape index (κ1) is 17.8. The lowest BCUT2D eigenvalue weighted by atomic mass is 10.1. The van der Waals surface area contributed by atoms with Gasteiger partial charge in [-0.25, -0.2) is 4.98 Å². The topological polar surface area (TPSA) is 83.0 Å². The van der Waals surface area contributed by atoms with Gasteiger partial charge in [-0.2, -0.15) is 4.98 Å². The molecule has 134 valence electrons. The first-order valence-corrected chi connectivity index (χ1v) is 8.68. The van der Waals surface area contributed by atoms with Gasteiger partial charge >= 0.3 is 0 Å². The smallest absolute Gasteiger partial charge is 0.225 e. The van der Waals surface area contributed by atoms with Gasteiger partial charge in [0, 0.05) is 43.7 Å². The summed E-state index contributed by atoms with van der Waals surface area (Å²) in [5.41, 5.74) is 4.23. The quantitative estimate of drug-likeness (QED) is 0.542. The van der Waals surface area contributed by atoms with E-state index in [2.05, 4.69) is 56.8 Å². The van der Waals surface area contributed by atoms with E-state index in [1.54, 1.807) is 12.4 Å². The molecule has 2 aromatic heterocycles. The van der Waals surface area contributed by atoms with E-state index < -0.39 is 0 Å². The van der Waals surface area contributed by atoms with Crippen LogP contribution in [-0.4, -0.2) is 33.2 Å². The fraction of sp³-hybridized carbons (Fsp3) is 0.250. The lowest BCUT2D eigenvalue weighted by molar-refractivity contribution is 0.292. The van der Waals surface area contributed by atoms with E-state index in [0.29, 0.717) is 25.5 Å². The number of aliphatic hydroxyl groups excluding tert-OH is 1. The van der Waals surface area contributed by atoms with E-state index in [1.165, 1.54) is 11.1 Å². The summed E-state index contributed by atoms with van der Waals surface area (Å²) < 4.78 is 0. The van der Waals surface area contributed by atoms with Crippen LogP contribution in [-0.2, 0) is 6.54 Å². The predicted molar refractivity (Wildman–Crippen MR) is 104 cm³/mol. The number of nitrogens with zero attached hydrogens (tertiary/aromatic N) is 3. The first-order chi connectivity index (χ1) is 12.7. The molecule has 0 atom stereocenters. The molecular weight excluding hydrogens is 326 g/mol. The Balaban J connectivity index is 1.81. The van der Waals surface area contributed by atoms with E-state index >= 15 is 0 Å². The minimum atomic E-state index is 0.134. The highest BCUT2D eigenvalue weighted by atomic mass is 16.3. The van der Waals surface area contributed by atoms with Gasteiger partial charge in [-0.1, -0.05) is 29.8 Å². The van der Waals surface area contributed by atoms with Crippen LogP contribution in [0.15, 0.2) is 54.9 Å². The van der Waals surface area contributed by atoms with Crippen molar-refractivity contribution in [3.8, 4) is 11.3 Å². The Labute approximate surface area is 153 Å². The molecule has 6 nitrogen and oxygen atoms in total. The van der Waals surface area contributed by atoms with Gasteiger partial charge in [0.05, 0.1) is 5.69 Å². The summed E-state index contributed by atoms with van der Waals surface area (Å²) in [6.45, 7) is 3.52. The Kier molecular flexibility index (Phi) is 6.11. The minimum Gasteiger partial charge on any atom is -0.396 e. The van der Waals surface area contributed by atoms with Crippen molar-refractivity contribution in [2.45, 2.75) is 19.9 Å². The van der Waals surface area contributed by atoms with Crippen molar-refractivity contribution in [2.24, 2.45) is 0 Å². The second kappa shape index (κ2) is 8.92. The van der Waals surface area contributed by atoms with Gasteiger partial charge in [0.2, 0.25) is 5.95 Å². The lowest BCUT2D eigenvalue weighted by Gasteiger charge is -2.11. The fourth-order valence-electron chi connectivity index (χ4n) is 2.58. The molecule has 0 spiro atoms. The van der Waals surface area contributed by atoms with Crippen LogP contribution in [0.4, 0.5) is 11.8 Å². The zero-order valence-electron chi connectivity index (χ0n) is 14.8. The Hall–Kier alpha value is -2.99. The molecule has 1 aromatic carbocycles. The number of anilines is 2. The second-order valence-corrected chi connectivity index (χ2v) is 6.04. The highest BCUT2D eigenvalue weighted by Crippen LogP contribution is 2.21. The van der Waals surface area contributed by atoms with Crippen LogP contribution in [0.3, 0.4) is 0 Å². The number of aryl methyl sites for hydroxylation is 1. The van der Waals surface area contributed by atoms with Crippen molar-refractivity contribution >= 4 is 11.8 Å². The summed E-state index contributed by atoms with van der Waals surface area (Å²) in [5, 5.41) is 15.5. The normalized spacial score (nSPS) is 10.5. The monoisotopic (exact) mass is 349 g/mol. The number of rotatable bonds is 8. The third kappa shape index (κ3) is 5.00. The Morgan fingerprint density at radius 2 is 1.85 bits per heavy atom. The maximum Gasteiger partial charge on any atom is 0.225 e. The van der Waals surface area contributed by atoms with E-state index in [1.807, 2.05) is 18.2 Å².